The zero-order valence-corrected chi connectivity index (χ0v) is 18.2. The number of rotatable bonds is 6. The zero-order chi connectivity index (χ0) is 22.8. The molecular formula is C24H26N4O4. The van der Waals surface area contributed by atoms with E-state index in [4.69, 9.17) is 0 Å². The van der Waals surface area contributed by atoms with Crippen molar-refractivity contribution in [3.8, 4) is 0 Å². The van der Waals surface area contributed by atoms with Crippen molar-refractivity contribution in [2.45, 2.75) is 13.8 Å². The topological polar surface area (TPSA) is 87.0 Å². The number of piperazine rings is 1. The predicted molar refractivity (Wildman–Crippen MR) is 122 cm³/mol. The van der Waals surface area contributed by atoms with Gasteiger partial charge in [0.05, 0.1) is 10.5 Å². The molecule has 0 atom stereocenters. The Morgan fingerprint density at radius 2 is 1.47 bits per heavy atom. The molecule has 1 fully saturated rings. The van der Waals surface area contributed by atoms with Gasteiger partial charge in [-0.1, -0.05) is 32.0 Å². The van der Waals surface area contributed by atoms with Crippen LogP contribution in [-0.2, 0) is 9.59 Å². The summed E-state index contributed by atoms with van der Waals surface area (Å²) in [5.41, 5.74) is 2.34. The number of anilines is 1. The van der Waals surface area contributed by atoms with Crippen LogP contribution >= 0.6 is 0 Å². The Kier molecular flexibility index (Phi) is 5.94. The van der Waals surface area contributed by atoms with E-state index in [2.05, 4.69) is 17.0 Å². The normalized spacial score (nSPS) is 17.0. The maximum Gasteiger partial charge on any atom is 0.277 e. The highest BCUT2D eigenvalue weighted by atomic mass is 16.6. The molecule has 2 aromatic carbocycles. The molecule has 0 unspecified atom stereocenters. The van der Waals surface area contributed by atoms with Crippen molar-refractivity contribution in [1.82, 2.24) is 9.80 Å². The summed E-state index contributed by atoms with van der Waals surface area (Å²) in [6, 6.07) is 16.0. The molecule has 2 aromatic rings. The van der Waals surface area contributed by atoms with Gasteiger partial charge in [0, 0.05) is 50.5 Å². The molecule has 0 radical (unpaired) electrons. The molecule has 0 aromatic heterocycles. The molecule has 2 amide bonds. The number of amides is 2. The largest absolute Gasteiger partial charge is 0.368 e. The Hall–Kier alpha value is -3.68. The summed E-state index contributed by atoms with van der Waals surface area (Å²) < 4.78 is 0. The number of hydrogen-bond donors (Lipinski definition) is 0. The van der Waals surface area contributed by atoms with Crippen LogP contribution in [0.5, 0.6) is 0 Å². The molecule has 0 N–H and O–H groups in total. The Morgan fingerprint density at radius 1 is 0.875 bits per heavy atom. The maximum atomic E-state index is 13.3. The molecule has 166 valence electrons. The van der Waals surface area contributed by atoms with E-state index in [1.165, 1.54) is 17.0 Å². The molecule has 2 aliphatic rings. The van der Waals surface area contributed by atoms with Crippen molar-refractivity contribution >= 4 is 28.8 Å². The second-order valence-corrected chi connectivity index (χ2v) is 8.45. The van der Waals surface area contributed by atoms with E-state index in [-0.39, 0.29) is 23.4 Å². The van der Waals surface area contributed by atoms with Gasteiger partial charge in [0.15, 0.2) is 0 Å². The van der Waals surface area contributed by atoms with E-state index in [0.717, 1.165) is 18.8 Å². The Morgan fingerprint density at radius 3 is 2.03 bits per heavy atom. The van der Waals surface area contributed by atoms with Crippen molar-refractivity contribution in [1.29, 1.82) is 0 Å². The number of non-ortho nitro benzene ring substituents is 1. The highest BCUT2D eigenvalue weighted by Gasteiger charge is 2.42. The van der Waals surface area contributed by atoms with Crippen LogP contribution in [0, 0.1) is 16.0 Å². The molecule has 8 heteroatoms. The fourth-order valence-electron chi connectivity index (χ4n) is 4.22. The Bertz CT molecular complexity index is 1060. The third-order valence-electron chi connectivity index (χ3n) is 5.78. The number of carbonyl (C=O) groups is 2. The van der Waals surface area contributed by atoms with Gasteiger partial charge in [-0.05, 0) is 35.7 Å². The molecule has 0 bridgehead atoms. The van der Waals surface area contributed by atoms with Crippen LogP contribution in [0.25, 0.3) is 5.57 Å². The van der Waals surface area contributed by atoms with E-state index in [1.54, 1.807) is 12.1 Å². The van der Waals surface area contributed by atoms with Crippen molar-refractivity contribution in [3.05, 3.63) is 76.0 Å². The SMILES string of the molecule is CC(C)CN1C(=O)C(c2ccc([N+](=O)[O-])cc2)=C(N2CCN(c3ccccc3)CC2)C1=O. The third kappa shape index (κ3) is 4.08. The second-order valence-electron chi connectivity index (χ2n) is 8.45. The lowest BCUT2D eigenvalue weighted by molar-refractivity contribution is -0.384. The van der Waals surface area contributed by atoms with Gasteiger partial charge in [-0.2, -0.15) is 0 Å². The number of nitrogens with zero attached hydrogens (tertiary/aromatic N) is 4. The lowest BCUT2D eigenvalue weighted by Gasteiger charge is -2.37. The summed E-state index contributed by atoms with van der Waals surface area (Å²) in [7, 11) is 0. The van der Waals surface area contributed by atoms with Crippen LogP contribution in [-0.4, -0.2) is 59.3 Å². The number of benzene rings is 2. The van der Waals surface area contributed by atoms with Crippen molar-refractivity contribution < 1.29 is 14.5 Å². The quantitative estimate of drug-likeness (QED) is 0.394. The molecule has 8 nitrogen and oxygen atoms in total. The van der Waals surface area contributed by atoms with E-state index in [0.29, 0.717) is 36.5 Å². The molecular weight excluding hydrogens is 408 g/mol. The van der Waals surface area contributed by atoms with Crippen LogP contribution < -0.4 is 4.90 Å². The lowest BCUT2D eigenvalue weighted by Crippen LogP contribution is -2.47. The number of hydrogen-bond acceptors (Lipinski definition) is 6. The van der Waals surface area contributed by atoms with Crippen LogP contribution in [0.4, 0.5) is 11.4 Å². The highest BCUT2D eigenvalue weighted by Crippen LogP contribution is 2.33. The van der Waals surface area contributed by atoms with Gasteiger partial charge in [0.25, 0.3) is 17.5 Å². The van der Waals surface area contributed by atoms with Crippen molar-refractivity contribution in [2.24, 2.45) is 5.92 Å². The highest BCUT2D eigenvalue weighted by molar-refractivity contribution is 6.35. The van der Waals surface area contributed by atoms with Crippen molar-refractivity contribution in [3.63, 3.8) is 0 Å². The average molecular weight is 434 g/mol. The van der Waals surface area contributed by atoms with Gasteiger partial charge < -0.3 is 9.80 Å². The number of para-hydroxylation sites is 1. The molecule has 0 aliphatic carbocycles. The fraction of sp³-hybridized carbons (Fsp3) is 0.333. The molecule has 1 saturated heterocycles. The molecule has 2 heterocycles. The minimum Gasteiger partial charge on any atom is -0.368 e. The first-order valence-corrected chi connectivity index (χ1v) is 10.8. The summed E-state index contributed by atoms with van der Waals surface area (Å²) in [6.07, 6.45) is 0. The third-order valence-corrected chi connectivity index (χ3v) is 5.78. The predicted octanol–water partition coefficient (Wildman–Crippen LogP) is 3.15. The summed E-state index contributed by atoms with van der Waals surface area (Å²) in [4.78, 5) is 42.7. The van der Waals surface area contributed by atoms with Crippen LogP contribution in [0.2, 0.25) is 0 Å². The molecule has 4 rings (SSSR count). The van der Waals surface area contributed by atoms with E-state index in [1.807, 2.05) is 36.9 Å². The molecule has 32 heavy (non-hydrogen) atoms. The van der Waals surface area contributed by atoms with Crippen LogP contribution in [0.3, 0.4) is 0 Å². The van der Waals surface area contributed by atoms with Gasteiger partial charge in [-0.3, -0.25) is 24.6 Å². The number of nitro groups is 1. The lowest BCUT2D eigenvalue weighted by atomic mass is 10.0. The van der Waals surface area contributed by atoms with Gasteiger partial charge in [-0.15, -0.1) is 0 Å². The smallest absolute Gasteiger partial charge is 0.277 e. The van der Waals surface area contributed by atoms with Crippen molar-refractivity contribution in [2.75, 3.05) is 37.6 Å². The molecule has 2 aliphatic heterocycles. The Balaban J connectivity index is 1.65. The van der Waals surface area contributed by atoms with Gasteiger partial charge >= 0.3 is 0 Å². The first-order chi connectivity index (χ1) is 15.4. The second kappa shape index (κ2) is 8.82. The first kappa shape index (κ1) is 21.5. The summed E-state index contributed by atoms with van der Waals surface area (Å²) in [5.74, 6) is -0.487. The number of carbonyl (C=O) groups excluding carboxylic acids is 2. The first-order valence-electron chi connectivity index (χ1n) is 10.8. The number of nitro benzene ring substituents is 1. The Labute approximate surface area is 186 Å². The van der Waals surface area contributed by atoms with E-state index >= 15 is 0 Å². The van der Waals surface area contributed by atoms with Gasteiger partial charge in [-0.25, -0.2) is 0 Å². The summed E-state index contributed by atoms with van der Waals surface area (Å²) >= 11 is 0. The monoisotopic (exact) mass is 434 g/mol. The van der Waals surface area contributed by atoms with E-state index < -0.39 is 4.92 Å². The molecule has 0 spiro atoms. The van der Waals surface area contributed by atoms with E-state index in [9.17, 15) is 19.7 Å². The summed E-state index contributed by atoms with van der Waals surface area (Å²) in [6.45, 7) is 6.93. The standard InChI is InChI=1S/C24H26N4O4/c1-17(2)16-27-23(29)21(18-8-10-20(11-9-18)28(31)32)22(24(27)30)26-14-12-25(13-15-26)19-6-4-3-5-7-19/h3-11,17H,12-16H2,1-2H3. The number of imide groups is 1. The maximum absolute atomic E-state index is 13.3. The fourth-order valence-corrected chi connectivity index (χ4v) is 4.22. The minimum absolute atomic E-state index is 0.0526. The van der Waals surface area contributed by atoms with Crippen LogP contribution in [0.1, 0.15) is 19.4 Å². The zero-order valence-electron chi connectivity index (χ0n) is 18.2. The van der Waals surface area contributed by atoms with Gasteiger partial charge in [0.1, 0.15) is 5.70 Å². The van der Waals surface area contributed by atoms with Crippen LogP contribution in [0.15, 0.2) is 60.3 Å². The van der Waals surface area contributed by atoms with Gasteiger partial charge in [0.2, 0.25) is 0 Å². The average Bonchev–Trinajstić information content (AvgIpc) is 3.04. The minimum atomic E-state index is -0.478. The molecule has 0 saturated carbocycles. The summed E-state index contributed by atoms with van der Waals surface area (Å²) in [5, 5.41) is 11.0.